The number of carbonyl (C=O) groups is 2. The van der Waals surface area contributed by atoms with E-state index in [0.29, 0.717) is 11.4 Å². The topological polar surface area (TPSA) is 103 Å². The van der Waals surface area contributed by atoms with E-state index in [0.717, 1.165) is 17.8 Å². The molecule has 2 aromatic rings. The lowest BCUT2D eigenvalue weighted by atomic mass is 10.3. The van der Waals surface area contributed by atoms with Crippen molar-refractivity contribution in [1.82, 2.24) is 15.1 Å². The standard InChI is InChI=1S/C17H20FN3O5/c1-10-16(11(2)21(3)20-10)25-9-15(22)19-8-14(17(23)24)26-13-6-4-12(18)5-7-13/h4-7,14H,8-9H2,1-3H3,(H,19,22)(H,23,24). The first-order valence-corrected chi connectivity index (χ1v) is 7.82. The van der Waals surface area contributed by atoms with E-state index >= 15 is 0 Å². The summed E-state index contributed by atoms with van der Waals surface area (Å²) in [5, 5.41) is 15.8. The number of carboxylic acids is 1. The number of rotatable bonds is 8. The van der Waals surface area contributed by atoms with E-state index in [9.17, 15) is 19.1 Å². The number of amides is 1. The number of nitrogens with zero attached hydrogens (tertiary/aromatic N) is 2. The molecule has 1 atom stereocenters. The Morgan fingerprint density at radius 3 is 2.50 bits per heavy atom. The molecule has 0 aliphatic carbocycles. The minimum Gasteiger partial charge on any atom is -0.480 e. The second-order valence-corrected chi connectivity index (χ2v) is 5.61. The highest BCUT2D eigenvalue weighted by Gasteiger charge is 2.21. The molecule has 0 saturated heterocycles. The van der Waals surface area contributed by atoms with Crippen LogP contribution in [0.2, 0.25) is 0 Å². The van der Waals surface area contributed by atoms with Crippen molar-refractivity contribution in [3.8, 4) is 11.5 Å². The highest BCUT2D eigenvalue weighted by Crippen LogP contribution is 2.21. The number of hydrogen-bond acceptors (Lipinski definition) is 5. The summed E-state index contributed by atoms with van der Waals surface area (Å²) >= 11 is 0. The smallest absolute Gasteiger partial charge is 0.346 e. The van der Waals surface area contributed by atoms with E-state index in [1.54, 1.807) is 18.7 Å². The molecule has 1 unspecified atom stereocenters. The Morgan fingerprint density at radius 2 is 1.96 bits per heavy atom. The summed E-state index contributed by atoms with van der Waals surface area (Å²) in [5.74, 6) is -1.52. The van der Waals surface area contributed by atoms with Crippen LogP contribution < -0.4 is 14.8 Å². The monoisotopic (exact) mass is 365 g/mol. The Hall–Kier alpha value is -3.10. The second kappa shape index (κ2) is 8.32. The molecule has 9 heteroatoms. The molecule has 0 bridgehead atoms. The molecule has 1 aromatic carbocycles. The molecule has 2 N–H and O–H groups in total. The molecule has 8 nitrogen and oxygen atoms in total. The number of aliphatic carboxylic acids is 1. The van der Waals surface area contributed by atoms with Gasteiger partial charge in [-0.3, -0.25) is 9.48 Å². The van der Waals surface area contributed by atoms with E-state index in [4.69, 9.17) is 9.47 Å². The zero-order chi connectivity index (χ0) is 19.3. The zero-order valence-electron chi connectivity index (χ0n) is 14.7. The molecule has 0 aliphatic rings. The van der Waals surface area contributed by atoms with Gasteiger partial charge in [0, 0.05) is 7.05 Å². The van der Waals surface area contributed by atoms with Gasteiger partial charge in [0.05, 0.1) is 12.2 Å². The van der Waals surface area contributed by atoms with E-state index in [2.05, 4.69) is 10.4 Å². The third-order valence-electron chi connectivity index (χ3n) is 3.64. The van der Waals surface area contributed by atoms with Gasteiger partial charge in [-0.05, 0) is 38.1 Å². The highest BCUT2D eigenvalue weighted by molar-refractivity contribution is 5.79. The number of halogens is 1. The number of carbonyl (C=O) groups excluding carboxylic acids is 1. The maximum Gasteiger partial charge on any atom is 0.346 e. The summed E-state index contributed by atoms with van der Waals surface area (Å²) < 4.78 is 25.2. The van der Waals surface area contributed by atoms with Crippen molar-refractivity contribution in [2.45, 2.75) is 20.0 Å². The van der Waals surface area contributed by atoms with Gasteiger partial charge in [-0.2, -0.15) is 5.10 Å². The van der Waals surface area contributed by atoms with Crippen molar-refractivity contribution in [3.63, 3.8) is 0 Å². The summed E-state index contributed by atoms with van der Waals surface area (Å²) in [7, 11) is 1.76. The van der Waals surface area contributed by atoms with E-state index in [1.807, 2.05) is 6.92 Å². The van der Waals surface area contributed by atoms with Crippen LogP contribution in [-0.4, -0.2) is 46.0 Å². The average molecular weight is 365 g/mol. The van der Waals surface area contributed by atoms with Crippen LogP contribution in [0.1, 0.15) is 11.4 Å². The molecule has 1 heterocycles. The van der Waals surface area contributed by atoms with Crippen molar-refractivity contribution >= 4 is 11.9 Å². The molecule has 1 amide bonds. The first-order valence-electron chi connectivity index (χ1n) is 7.82. The zero-order valence-corrected chi connectivity index (χ0v) is 14.7. The first kappa shape index (κ1) is 19.2. The lowest BCUT2D eigenvalue weighted by Crippen LogP contribution is -2.41. The van der Waals surface area contributed by atoms with Gasteiger partial charge in [0.1, 0.15) is 17.3 Å². The molecule has 26 heavy (non-hydrogen) atoms. The third-order valence-corrected chi connectivity index (χ3v) is 3.64. The van der Waals surface area contributed by atoms with Crippen LogP contribution >= 0.6 is 0 Å². The number of benzene rings is 1. The quantitative estimate of drug-likeness (QED) is 0.729. The molecule has 2 rings (SSSR count). The Kier molecular flexibility index (Phi) is 6.16. The Labute approximate surface area is 149 Å². The third kappa shape index (κ3) is 4.95. The predicted octanol–water partition coefficient (Wildman–Crippen LogP) is 1.20. The minimum atomic E-state index is -1.31. The largest absolute Gasteiger partial charge is 0.480 e. The van der Waals surface area contributed by atoms with Gasteiger partial charge in [-0.15, -0.1) is 0 Å². The van der Waals surface area contributed by atoms with Gasteiger partial charge in [-0.1, -0.05) is 0 Å². The fourth-order valence-electron chi connectivity index (χ4n) is 2.22. The van der Waals surface area contributed by atoms with Crippen LogP contribution in [0, 0.1) is 19.7 Å². The lowest BCUT2D eigenvalue weighted by molar-refractivity contribution is -0.145. The van der Waals surface area contributed by atoms with Crippen molar-refractivity contribution in [2.75, 3.05) is 13.2 Å². The van der Waals surface area contributed by atoms with Crippen LogP contribution in [0.15, 0.2) is 24.3 Å². The predicted molar refractivity (Wildman–Crippen MR) is 89.6 cm³/mol. The Morgan fingerprint density at radius 1 is 1.31 bits per heavy atom. The molecule has 0 saturated carbocycles. The summed E-state index contributed by atoms with van der Waals surface area (Å²) in [6, 6.07) is 4.92. The lowest BCUT2D eigenvalue weighted by Gasteiger charge is -2.16. The van der Waals surface area contributed by atoms with Crippen LogP contribution in [0.3, 0.4) is 0 Å². The maximum absolute atomic E-state index is 12.9. The highest BCUT2D eigenvalue weighted by atomic mass is 19.1. The van der Waals surface area contributed by atoms with Gasteiger partial charge < -0.3 is 19.9 Å². The second-order valence-electron chi connectivity index (χ2n) is 5.61. The number of hydrogen-bond donors (Lipinski definition) is 2. The van der Waals surface area contributed by atoms with Crippen LogP contribution in [0.25, 0.3) is 0 Å². The fraction of sp³-hybridized carbons (Fsp3) is 0.353. The van der Waals surface area contributed by atoms with Gasteiger partial charge in [0.15, 0.2) is 12.4 Å². The maximum atomic E-state index is 12.9. The van der Waals surface area contributed by atoms with E-state index in [1.165, 1.54) is 12.1 Å². The number of ether oxygens (including phenoxy) is 2. The molecule has 1 aromatic heterocycles. The van der Waals surface area contributed by atoms with Gasteiger partial charge in [0.25, 0.3) is 5.91 Å². The number of aromatic nitrogens is 2. The molecule has 0 spiro atoms. The van der Waals surface area contributed by atoms with Crippen LogP contribution in [-0.2, 0) is 16.6 Å². The van der Waals surface area contributed by atoms with Gasteiger partial charge >= 0.3 is 5.97 Å². The normalized spacial score (nSPS) is 11.7. The first-order chi connectivity index (χ1) is 12.3. The SMILES string of the molecule is Cc1nn(C)c(C)c1OCC(=O)NCC(Oc1ccc(F)cc1)C(=O)O. The molecule has 140 valence electrons. The molecule has 0 radical (unpaired) electrons. The van der Waals surface area contributed by atoms with Crippen molar-refractivity contribution in [3.05, 3.63) is 41.5 Å². The van der Waals surface area contributed by atoms with Crippen LogP contribution in [0.4, 0.5) is 4.39 Å². The molecule has 0 fully saturated rings. The van der Waals surface area contributed by atoms with E-state index in [-0.39, 0.29) is 18.9 Å². The number of nitrogens with one attached hydrogen (secondary N) is 1. The molecule has 0 aliphatic heterocycles. The Balaban J connectivity index is 1.87. The van der Waals surface area contributed by atoms with Gasteiger partial charge in [-0.25, -0.2) is 9.18 Å². The minimum absolute atomic E-state index is 0.186. The number of carboxylic acid groups (broad SMARTS) is 1. The summed E-state index contributed by atoms with van der Waals surface area (Å²) in [4.78, 5) is 23.2. The molecular weight excluding hydrogens is 345 g/mol. The van der Waals surface area contributed by atoms with Crippen molar-refractivity contribution < 1.29 is 28.6 Å². The van der Waals surface area contributed by atoms with Crippen molar-refractivity contribution in [2.24, 2.45) is 7.05 Å². The van der Waals surface area contributed by atoms with Gasteiger partial charge in [0.2, 0.25) is 6.10 Å². The Bertz CT molecular complexity index is 788. The summed E-state index contributed by atoms with van der Waals surface area (Å²) in [6.45, 7) is 3.03. The molecular formula is C17H20FN3O5. The number of aryl methyl sites for hydroxylation is 2. The van der Waals surface area contributed by atoms with Crippen molar-refractivity contribution in [1.29, 1.82) is 0 Å². The van der Waals surface area contributed by atoms with E-state index < -0.39 is 23.8 Å². The summed E-state index contributed by atoms with van der Waals surface area (Å²) in [6.07, 6.45) is -1.31. The fourth-order valence-corrected chi connectivity index (χ4v) is 2.22. The van der Waals surface area contributed by atoms with Crippen LogP contribution in [0.5, 0.6) is 11.5 Å². The summed E-state index contributed by atoms with van der Waals surface area (Å²) in [5.41, 5.74) is 1.43. The average Bonchev–Trinajstić information content (AvgIpc) is 2.83.